The van der Waals surface area contributed by atoms with Crippen LogP contribution in [0.3, 0.4) is 0 Å². The largest absolute Gasteiger partial charge is 0.365 e. The number of nitrogens with one attached hydrogen (secondary N) is 2. The Morgan fingerprint density at radius 1 is 1.37 bits per heavy atom. The number of aromatic nitrogens is 1. The van der Waals surface area contributed by atoms with Crippen LogP contribution in [-0.4, -0.2) is 23.1 Å². The molecule has 1 amide bonds. The van der Waals surface area contributed by atoms with Gasteiger partial charge in [-0.3, -0.25) is 9.78 Å². The van der Waals surface area contributed by atoms with E-state index < -0.39 is 0 Å². The first kappa shape index (κ1) is 20.9. The quantitative estimate of drug-likeness (QED) is 0.407. The molecular formula is C22H32N4O. The smallest absolute Gasteiger partial charge is 0.252 e. The fourth-order valence-corrected chi connectivity index (χ4v) is 3.20. The maximum atomic E-state index is 13.2. The molecule has 0 aromatic carbocycles. The number of hydrogen-bond acceptors (Lipinski definition) is 4. The Labute approximate surface area is 163 Å². The fraction of sp³-hybridized carbons (Fsp3) is 0.500. The van der Waals surface area contributed by atoms with Crippen LogP contribution in [0.2, 0.25) is 0 Å². The van der Waals surface area contributed by atoms with Gasteiger partial charge in [0.15, 0.2) is 0 Å². The van der Waals surface area contributed by atoms with Crippen molar-refractivity contribution in [3.05, 3.63) is 52.1 Å². The highest BCUT2D eigenvalue weighted by atomic mass is 16.1. The average molecular weight is 369 g/mol. The second-order valence-corrected chi connectivity index (χ2v) is 7.83. The van der Waals surface area contributed by atoms with Crippen LogP contribution in [0, 0.1) is 6.92 Å². The van der Waals surface area contributed by atoms with E-state index in [-0.39, 0.29) is 17.5 Å². The van der Waals surface area contributed by atoms with Gasteiger partial charge < -0.3 is 10.6 Å². The molecule has 5 heteroatoms. The Morgan fingerprint density at radius 2 is 2.04 bits per heavy atom. The SMILES string of the molecule is C=N/C(NC1(C)CC1)=C(\C)C(C(=O)NC(CC)c1ncccc1C)=C(C)C. The summed E-state index contributed by atoms with van der Waals surface area (Å²) in [5.41, 5.74) is 4.48. The normalized spacial score (nSPS) is 16.7. The molecule has 2 rings (SSSR count). The van der Waals surface area contributed by atoms with E-state index in [1.807, 2.05) is 39.8 Å². The number of rotatable bonds is 8. The minimum Gasteiger partial charge on any atom is -0.365 e. The van der Waals surface area contributed by atoms with Gasteiger partial charge in [0.2, 0.25) is 0 Å². The topological polar surface area (TPSA) is 66.4 Å². The number of allylic oxidation sites excluding steroid dienone is 1. The lowest BCUT2D eigenvalue weighted by Gasteiger charge is -2.22. The number of pyridine rings is 1. The summed E-state index contributed by atoms with van der Waals surface area (Å²) < 4.78 is 0. The predicted octanol–water partition coefficient (Wildman–Crippen LogP) is 4.37. The van der Waals surface area contributed by atoms with Crippen molar-refractivity contribution in [1.29, 1.82) is 0 Å². The molecule has 1 heterocycles. The van der Waals surface area contributed by atoms with Crippen molar-refractivity contribution in [2.45, 2.75) is 72.4 Å². The molecule has 1 aromatic heterocycles. The van der Waals surface area contributed by atoms with E-state index in [1.165, 1.54) is 0 Å². The Kier molecular flexibility index (Phi) is 6.58. The van der Waals surface area contributed by atoms with Gasteiger partial charge in [0.1, 0.15) is 5.82 Å². The van der Waals surface area contributed by atoms with Crippen molar-refractivity contribution in [2.75, 3.05) is 0 Å². The van der Waals surface area contributed by atoms with Crippen molar-refractivity contribution in [1.82, 2.24) is 15.6 Å². The third kappa shape index (κ3) is 5.06. The van der Waals surface area contributed by atoms with Crippen LogP contribution in [0.15, 0.2) is 45.9 Å². The van der Waals surface area contributed by atoms with Gasteiger partial charge in [-0.15, -0.1) is 0 Å². The van der Waals surface area contributed by atoms with E-state index in [1.54, 1.807) is 6.20 Å². The standard InChI is InChI=1S/C22H32N4O/c1-8-17(19-15(4)10-9-13-24-19)25-21(27)18(14(2)3)16(5)20(23-7)26-22(6)11-12-22/h9-10,13,17,26H,7-8,11-12H2,1-6H3,(H,25,27)/b20-16-. The van der Waals surface area contributed by atoms with E-state index in [0.717, 1.165) is 41.7 Å². The lowest BCUT2D eigenvalue weighted by molar-refractivity contribution is -0.118. The van der Waals surface area contributed by atoms with Gasteiger partial charge in [-0.1, -0.05) is 18.6 Å². The van der Waals surface area contributed by atoms with Crippen LogP contribution >= 0.6 is 0 Å². The molecule has 5 nitrogen and oxygen atoms in total. The minimum absolute atomic E-state index is 0.0675. The van der Waals surface area contributed by atoms with Gasteiger partial charge in [0, 0.05) is 22.9 Å². The van der Waals surface area contributed by atoms with Gasteiger partial charge in [-0.2, -0.15) is 0 Å². The first-order valence-electron chi connectivity index (χ1n) is 9.58. The van der Waals surface area contributed by atoms with Crippen LogP contribution < -0.4 is 10.6 Å². The molecule has 146 valence electrons. The summed E-state index contributed by atoms with van der Waals surface area (Å²) >= 11 is 0. The molecule has 1 unspecified atom stereocenters. The number of hydrogen-bond donors (Lipinski definition) is 2. The van der Waals surface area contributed by atoms with Gasteiger partial charge in [0.25, 0.3) is 5.91 Å². The summed E-state index contributed by atoms with van der Waals surface area (Å²) in [6.07, 6.45) is 4.74. The van der Waals surface area contributed by atoms with Crippen molar-refractivity contribution >= 4 is 12.6 Å². The van der Waals surface area contributed by atoms with Gasteiger partial charge in [-0.05, 0) is 72.2 Å². The molecule has 0 radical (unpaired) electrons. The molecule has 1 saturated carbocycles. The van der Waals surface area contributed by atoms with Gasteiger partial charge in [0.05, 0.1) is 11.7 Å². The summed E-state index contributed by atoms with van der Waals surface area (Å²) in [4.78, 5) is 21.8. The number of aryl methyl sites for hydroxylation is 1. The van der Waals surface area contributed by atoms with E-state index in [0.29, 0.717) is 11.4 Å². The molecule has 1 aromatic rings. The number of carbonyl (C=O) groups excluding carboxylic acids is 1. The predicted molar refractivity (Wildman–Crippen MR) is 112 cm³/mol. The summed E-state index contributed by atoms with van der Waals surface area (Å²) in [6, 6.07) is 3.80. The van der Waals surface area contributed by atoms with Crippen LogP contribution in [0.1, 0.15) is 71.2 Å². The fourth-order valence-electron chi connectivity index (χ4n) is 3.20. The Bertz CT molecular complexity index is 783. The third-order valence-corrected chi connectivity index (χ3v) is 5.13. The van der Waals surface area contributed by atoms with Crippen molar-refractivity contribution in [2.24, 2.45) is 4.99 Å². The zero-order valence-corrected chi connectivity index (χ0v) is 17.4. The molecule has 0 spiro atoms. The van der Waals surface area contributed by atoms with Crippen LogP contribution in [-0.2, 0) is 4.79 Å². The molecule has 0 saturated heterocycles. The van der Waals surface area contributed by atoms with Crippen LogP contribution in [0.25, 0.3) is 0 Å². The van der Waals surface area contributed by atoms with Crippen molar-refractivity contribution in [3.63, 3.8) is 0 Å². The maximum absolute atomic E-state index is 13.2. The van der Waals surface area contributed by atoms with E-state index in [9.17, 15) is 4.79 Å². The highest BCUT2D eigenvalue weighted by Gasteiger charge is 2.38. The monoisotopic (exact) mass is 368 g/mol. The number of aliphatic imine (C=N–C) groups is 1. The zero-order valence-electron chi connectivity index (χ0n) is 17.4. The molecule has 0 aliphatic heterocycles. The molecule has 1 aliphatic carbocycles. The summed E-state index contributed by atoms with van der Waals surface area (Å²) in [5, 5.41) is 6.60. The number of nitrogens with zero attached hydrogens (tertiary/aromatic N) is 2. The second-order valence-electron chi connectivity index (χ2n) is 7.83. The summed E-state index contributed by atoms with van der Waals surface area (Å²) in [5.74, 6) is 0.580. The molecule has 1 atom stereocenters. The Hall–Kier alpha value is -2.43. The first-order chi connectivity index (χ1) is 12.7. The molecule has 2 N–H and O–H groups in total. The summed E-state index contributed by atoms with van der Waals surface area (Å²) in [6.45, 7) is 15.8. The van der Waals surface area contributed by atoms with Crippen molar-refractivity contribution < 1.29 is 4.79 Å². The maximum Gasteiger partial charge on any atom is 0.252 e. The van der Waals surface area contributed by atoms with Gasteiger partial charge >= 0.3 is 0 Å². The summed E-state index contributed by atoms with van der Waals surface area (Å²) in [7, 11) is 0. The Balaban J connectivity index is 2.30. The van der Waals surface area contributed by atoms with Crippen molar-refractivity contribution in [3.8, 4) is 0 Å². The molecule has 1 fully saturated rings. The lowest BCUT2D eigenvalue weighted by atomic mass is 9.99. The highest BCUT2D eigenvalue weighted by molar-refractivity contribution is 5.98. The van der Waals surface area contributed by atoms with Crippen LogP contribution in [0.4, 0.5) is 0 Å². The highest BCUT2D eigenvalue weighted by Crippen LogP contribution is 2.36. The van der Waals surface area contributed by atoms with Gasteiger partial charge in [-0.25, -0.2) is 4.99 Å². The molecule has 0 bridgehead atoms. The minimum atomic E-state index is -0.130. The lowest BCUT2D eigenvalue weighted by Crippen LogP contribution is -2.33. The molecule has 27 heavy (non-hydrogen) atoms. The third-order valence-electron chi connectivity index (χ3n) is 5.13. The second kappa shape index (κ2) is 8.51. The Morgan fingerprint density at radius 3 is 2.52 bits per heavy atom. The average Bonchev–Trinajstić information content (AvgIpc) is 3.35. The van der Waals surface area contributed by atoms with Crippen LogP contribution in [0.5, 0.6) is 0 Å². The first-order valence-corrected chi connectivity index (χ1v) is 9.58. The van der Waals surface area contributed by atoms with E-state index >= 15 is 0 Å². The molecule has 1 aliphatic rings. The van der Waals surface area contributed by atoms with E-state index in [4.69, 9.17) is 0 Å². The van der Waals surface area contributed by atoms with E-state index in [2.05, 4.69) is 41.2 Å². The molecular weight excluding hydrogens is 336 g/mol. The number of amides is 1. The number of carbonyl (C=O) groups is 1. The zero-order chi connectivity index (χ0) is 20.2.